The zero-order chi connectivity index (χ0) is 14.3. The second-order valence-corrected chi connectivity index (χ2v) is 5.06. The van der Waals surface area contributed by atoms with Crippen LogP contribution in [0.15, 0.2) is 18.2 Å². The van der Waals surface area contributed by atoms with E-state index < -0.39 is 0 Å². The highest BCUT2D eigenvalue weighted by molar-refractivity contribution is 6.32. The number of nitrogens with one attached hydrogen (secondary N) is 2. The first kappa shape index (κ1) is 15.3. The predicted octanol–water partition coefficient (Wildman–Crippen LogP) is 2.79. The molecule has 0 aliphatic rings. The van der Waals surface area contributed by atoms with Crippen LogP contribution in [0.25, 0.3) is 0 Å². The summed E-state index contributed by atoms with van der Waals surface area (Å²) in [7, 11) is 0. The Labute approximate surface area is 118 Å². The van der Waals surface area contributed by atoms with E-state index in [2.05, 4.69) is 10.6 Å². The van der Waals surface area contributed by atoms with Crippen LogP contribution in [-0.2, 0) is 4.79 Å². The van der Waals surface area contributed by atoms with Crippen molar-refractivity contribution in [2.45, 2.75) is 20.3 Å². The smallest absolute Gasteiger partial charge is 0.221 e. The Balaban J connectivity index is 2.44. The number of benzene rings is 1. The van der Waals surface area contributed by atoms with E-state index in [1.54, 1.807) is 18.2 Å². The molecule has 0 bridgehead atoms. The van der Waals surface area contributed by atoms with E-state index in [0.29, 0.717) is 41.7 Å². The second-order valence-electron chi connectivity index (χ2n) is 4.65. The quantitative estimate of drug-likeness (QED) is 0.841. The van der Waals surface area contributed by atoms with Crippen molar-refractivity contribution < 1.29 is 4.79 Å². The predicted molar refractivity (Wildman–Crippen MR) is 77.1 cm³/mol. The van der Waals surface area contributed by atoms with Gasteiger partial charge in [0, 0.05) is 19.5 Å². The van der Waals surface area contributed by atoms with Crippen LogP contribution in [0.2, 0.25) is 5.02 Å². The normalized spacial score (nSPS) is 10.1. The lowest BCUT2D eigenvalue weighted by atomic mass is 10.2. The standard InChI is InChI=1S/C14H18ClN3O/c1-10(2)9-18-14(19)6-7-17-13-5-3-4-12(15)11(13)8-16/h3-5,10,17H,6-7,9H2,1-2H3,(H,18,19). The maximum Gasteiger partial charge on any atom is 0.221 e. The molecule has 0 saturated heterocycles. The Kier molecular flexibility index (Phi) is 6.17. The molecule has 1 amide bonds. The number of rotatable bonds is 6. The van der Waals surface area contributed by atoms with Gasteiger partial charge in [-0.15, -0.1) is 0 Å². The van der Waals surface area contributed by atoms with Gasteiger partial charge in [0.25, 0.3) is 0 Å². The van der Waals surface area contributed by atoms with Crippen LogP contribution in [0.1, 0.15) is 25.8 Å². The van der Waals surface area contributed by atoms with Crippen molar-refractivity contribution in [3.8, 4) is 6.07 Å². The van der Waals surface area contributed by atoms with E-state index in [0.717, 1.165) is 0 Å². The summed E-state index contributed by atoms with van der Waals surface area (Å²) in [4.78, 5) is 11.5. The van der Waals surface area contributed by atoms with Gasteiger partial charge in [-0.05, 0) is 18.1 Å². The number of anilines is 1. The Hall–Kier alpha value is -1.73. The molecule has 19 heavy (non-hydrogen) atoms. The first-order valence-corrected chi connectivity index (χ1v) is 6.61. The number of hydrogen-bond acceptors (Lipinski definition) is 3. The SMILES string of the molecule is CC(C)CNC(=O)CCNc1cccc(Cl)c1C#N. The zero-order valence-electron chi connectivity index (χ0n) is 11.2. The van der Waals surface area contributed by atoms with Gasteiger partial charge in [0.05, 0.1) is 16.3 Å². The first-order chi connectivity index (χ1) is 9.04. The van der Waals surface area contributed by atoms with E-state index in [1.807, 2.05) is 19.9 Å². The van der Waals surface area contributed by atoms with Gasteiger partial charge >= 0.3 is 0 Å². The average molecular weight is 280 g/mol. The van der Waals surface area contributed by atoms with Crippen LogP contribution in [0, 0.1) is 17.2 Å². The number of nitrogens with zero attached hydrogens (tertiary/aromatic N) is 1. The molecule has 0 radical (unpaired) electrons. The highest BCUT2D eigenvalue weighted by Crippen LogP contribution is 2.22. The molecule has 0 aromatic heterocycles. The molecule has 0 unspecified atom stereocenters. The summed E-state index contributed by atoms with van der Waals surface area (Å²) >= 11 is 5.91. The largest absolute Gasteiger partial charge is 0.383 e. The third kappa shape index (κ3) is 5.19. The number of carbonyl (C=O) groups is 1. The summed E-state index contributed by atoms with van der Waals surface area (Å²) in [6.07, 6.45) is 0.365. The lowest BCUT2D eigenvalue weighted by Gasteiger charge is -2.10. The number of carbonyl (C=O) groups excluding carboxylic acids is 1. The minimum absolute atomic E-state index is 0.00161. The number of amides is 1. The number of hydrogen-bond donors (Lipinski definition) is 2. The van der Waals surface area contributed by atoms with Gasteiger partial charge in [-0.25, -0.2) is 0 Å². The number of halogens is 1. The molecular weight excluding hydrogens is 262 g/mol. The van der Waals surface area contributed by atoms with Crippen molar-refractivity contribution in [1.29, 1.82) is 5.26 Å². The molecule has 1 aromatic carbocycles. The molecular formula is C14H18ClN3O. The van der Waals surface area contributed by atoms with E-state index in [9.17, 15) is 4.79 Å². The average Bonchev–Trinajstić information content (AvgIpc) is 2.36. The highest BCUT2D eigenvalue weighted by Gasteiger charge is 2.07. The molecule has 0 saturated carbocycles. The minimum atomic E-state index is 0.00161. The lowest BCUT2D eigenvalue weighted by molar-refractivity contribution is -0.120. The zero-order valence-corrected chi connectivity index (χ0v) is 11.9. The molecule has 0 aliphatic carbocycles. The van der Waals surface area contributed by atoms with Crippen LogP contribution in [0.3, 0.4) is 0 Å². The van der Waals surface area contributed by atoms with Crippen LogP contribution < -0.4 is 10.6 Å². The molecule has 5 heteroatoms. The van der Waals surface area contributed by atoms with Crippen molar-refractivity contribution in [2.75, 3.05) is 18.4 Å². The number of nitriles is 1. The maximum absolute atomic E-state index is 11.5. The minimum Gasteiger partial charge on any atom is -0.383 e. The molecule has 0 aliphatic heterocycles. The highest BCUT2D eigenvalue weighted by atomic mass is 35.5. The Morgan fingerprint density at radius 3 is 2.84 bits per heavy atom. The van der Waals surface area contributed by atoms with Crippen molar-refractivity contribution in [3.05, 3.63) is 28.8 Å². The fourth-order valence-corrected chi connectivity index (χ4v) is 1.72. The van der Waals surface area contributed by atoms with Gasteiger partial charge in [-0.2, -0.15) is 5.26 Å². The lowest BCUT2D eigenvalue weighted by Crippen LogP contribution is -2.28. The van der Waals surface area contributed by atoms with Gasteiger partial charge in [-0.1, -0.05) is 31.5 Å². The molecule has 4 nitrogen and oxygen atoms in total. The Morgan fingerprint density at radius 1 is 1.47 bits per heavy atom. The van der Waals surface area contributed by atoms with E-state index in [-0.39, 0.29) is 5.91 Å². The van der Waals surface area contributed by atoms with E-state index in [4.69, 9.17) is 16.9 Å². The molecule has 0 fully saturated rings. The Morgan fingerprint density at radius 2 is 2.21 bits per heavy atom. The maximum atomic E-state index is 11.5. The molecule has 0 spiro atoms. The molecule has 1 rings (SSSR count). The summed E-state index contributed by atoms with van der Waals surface area (Å²) in [6.45, 7) is 5.24. The van der Waals surface area contributed by atoms with Gasteiger partial charge in [0.15, 0.2) is 0 Å². The Bertz CT molecular complexity index is 480. The summed E-state index contributed by atoms with van der Waals surface area (Å²) in [6, 6.07) is 7.26. The third-order valence-electron chi connectivity index (χ3n) is 2.50. The third-order valence-corrected chi connectivity index (χ3v) is 2.82. The van der Waals surface area contributed by atoms with Crippen LogP contribution >= 0.6 is 11.6 Å². The molecule has 0 heterocycles. The van der Waals surface area contributed by atoms with Crippen molar-refractivity contribution in [2.24, 2.45) is 5.92 Å². The summed E-state index contributed by atoms with van der Waals surface area (Å²) in [5, 5.41) is 15.3. The summed E-state index contributed by atoms with van der Waals surface area (Å²) in [5.41, 5.74) is 1.07. The molecule has 0 atom stereocenters. The monoisotopic (exact) mass is 279 g/mol. The summed E-state index contributed by atoms with van der Waals surface area (Å²) < 4.78 is 0. The first-order valence-electron chi connectivity index (χ1n) is 6.23. The van der Waals surface area contributed by atoms with Gasteiger partial charge in [0.1, 0.15) is 6.07 Å². The van der Waals surface area contributed by atoms with E-state index in [1.165, 1.54) is 0 Å². The van der Waals surface area contributed by atoms with Gasteiger partial charge in [-0.3, -0.25) is 4.79 Å². The topological polar surface area (TPSA) is 64.9 Å². The van der Waals surface area contributed by atoms with E-state index >= 15 is 0 Å². The van der Waals surface area contributed by atoms with Crippen LogP contribution in [-0.4, -0.2) is 19.0 Å². The van der Waals surface area contributed by atoms with Gasteiger partial charge < -0.3 is 10.6 Å². The molecule has 102 valence electrons. The fraction of sp³-hybridized carbons (Fsp3) is 0.429. The fourth-order valence-electron chi connectivity index (χ4n) is 1.50. The second kappa shape index (κ2) is 7.65. The van der Waals surface area contributed by atoms with Crippen LogP contribution in [0.5, 0.6) is 0 Å². The van der Waals surface area contributed by atoms with Gasteiger partial charge in [0.2, 0.25) is 5.91 Å². The molecule has 2 N–H and O–H groups in total. The van der Waals surface area contributed by atoms with Crippen molar-refractivity contribution in [1.82, 2.24) is 5.32 Å². The van der Waals surface area contributed by atoms with Crippen molar-refractivity contribution in [3.63, 3.8) is 0 Å². The van der Waals surface area contributed by atoms with Crippen LogP contribution in [0.4, 0.5) is 5.69 Å². The summed E-state index contributed by atoms with van der Waals surface area (Å²) in [5.74, 6) is 0.441. The van der Waals surface area contributed by atoms with Crippen molar-refractivity contribution >= 4 is 23.2 Å². The molecule has 1 aromatic rings.